The van der Waals surface area contributed by atoms with Crippen LogP contribution in [0.3, 0.4) is 0 Å². The van der Waals surface area contributed by atoms with Gasteiger partial charge in [0.05, 0.1) is 4.24 Å². The molecule has 0 radical (unpaired) electrons. The number of nitrogens with two attached hydrogens (primary N) is 1. The number of rotatable bonds is 7. The second-order valence-corrected chi connectivity index (χ2v) is 11.5. The Labute approximate surface area is 216 Å². The minimum Gasteiger partial charge on any atom is -0.421 e. The maximum absolute atomic E-state index is 13.1. The maximum Gasteiger partial charge on any atom is 0.516 e. The first kappa shape index (κ1) is 24.1. The van der Waals surface area contributed by atoms with E-state index in [9.17, 15) is 9.59 Å². The molecule has 1 fully saturated rings. The smallest absolute Gasteiger partial charge is 0.421 e. The Hall–Kier alpha value is -2.57. The van der Waals surface area contributed by atoms with Crippen molar-refractivity contribution < 1.29 is 19.1 Å². The lowest BCUT2D eigenvalue weighted by Crippen LogP contribution is -2.68. The number of hydrogen-bond donors (Lipinski definition) is 2. The van der Waals surface area contributed by atoms with Crippen molar-refractivity contribution in [1.82, 2.24) is 14.7 Å². The summed E-state index contributed by atoms with van der Waals surface area (Å²) in [4.78, 5) is 27.2. The van der Waals surface area contributed by atoms with Crippen molar-refractivity contribution in [2.45, 2.75) is 17.5 Å². The highest BCUT2D eigenvalue weighted by Gasteiger charge is 2.51. The first-order chi connectivity index (χ1) is 17.0. The molecule has 11 heteroatoms. The van der Waals surface area contributed by atoms with Gasteiger partial charge in [-0.15, -0.1) is 23.5 Å². The summed E-state index contributed by atoms with van der Waals surface area (Å²) in [6.07, 6.45) is 0.404. The second kappa shape index (κ2) is 10.6. The standard InChI is InChI=1S/C24H24N4O4S3/c1-27-26-12-18(35-27)33-13-17-14-34-23-19(25)21(29)28(23)22(17)32-24(30)31-20(15-8-4-2-5-9-15)16-10-6-3-7-11-16/h2-12,19-20,23,26H,13-14,25H2,1H3/t19?,23-/m0/s1. The zero-order valence-corrected chi connectivity index (χ0v) is 21.3. The van der Waals surface area contributed by atoms with Crippen LogP contribution in [0.5, 0.6) is 0 Å². The Morgan fingerprint density at radius 2 is 1.83 bits per heavy atom. The largest absolute Gasteiger partial charge is 0.516 e. The third kappa shape index (κ3) is 5.19. The van der Waals surface area contributed by atoms with Gasteiger partial charge in [-0.2, -0.15) is 4.41 Å². The topological polar surface area (TPSA) is 97.1 Å². The van der Waals surface area contributed by atoms with Gasteiger partial charge in [-0.05, 0) is 23.1 Å². The molecule has 2 atom stereocenters. The number of hydrogen-bond acceptors (Lipinski definition) is 10. The van der Waals surface area contributed by atoms with Gasteiger partial charge in [-0.3, -0.25) is 9.69 Å². The van der Waals surface area contributed by atoms with E-state index in [4.69, 9.17) is 15.2 Å². The Balaban J connectivity index is 1.36. The molecule has 0 bridgehead atoms. The molecule has 3 aliphatic heterocycles. The molecule has 1 saturated heterocycles. The number of β-lactam (4-membered cyclic amide) rings is 1. The summed E-state index contributed by atoms with van der Waals surface area (Å²) in [5, 5.41) is -0.244. The summed E-state index contributed by atoms with van der Waals surface area (Å²) in [6.45, 7) is 0. The second-order valence-electron chi connectivity index (χ2n) is 7.99. The third-order valence-corrected chi connectivity index (χ3v) is 9.12. The number of thioether (sulfide) groups is 2. The van der Waals surface area contributed by atoms with E-state index in [1.807, 2.05) is 78.3 Å². The van der Waals surface area contributed by atoms with Crippen LogP contribution in [0.2, 0.25) is 0 Å². The van der Waals surface area contributed by atoms with Crippen LogP contribution in [-0.4, -0.2) is 51.3 Å². The number of carbonyl (C=O) groups excluding carboxylic acids is 2. The summed E-state index contributed by atoms with van der Waals surface area (Å²) in [5.41, 5.74) is 11.6. The Bertz CT molecular complexity index is 1120. The normalized spacial score (nSPS) is 21.9. The zero-order valence-electron chi connectivity index (χ0n) is 18.8. The van der Waals surface area contributed by atoms with Gasteiger partial charge in [0, 0.05) is 30.3 Å². The van der Waals surface area contributed by atoms with Crippen molar-refractivity contribution in [3.8, 4) is 0 Å². The Morgan fingerprint density at radius 3 is 2.43 bits per heavy atom. The van der Waals surface area contributed by atoms with Crippen molar-refractivity contribution in [2.24, 2.45) is 5.73 Å². The molecule has 0 aliphatic carbocycles. The van der Waals surface area contributed by atoms with Crippen LogP contribution in [0.1, 0.15) is 17.2 Å². The molecule has 0 saturated carbocycles. The number of benzene rings is 2. The summed E-state index contributed by atoms with van der Waals surface area (Å²) in [5.74, 6) is 1.16. The lowest BCUT2D eigenvalue weighted by Gasteiger charge is -2.47. The summed E-state index contributed by atoms with van der Waals surface area (Å²) in [7, 11) is 1.93. The predicted octanol–water partition coefficient (Wildman–Crippen LogP) is 4.01. The van der Waals surface area contributed by atoms with Crippen LogP contribution in [0.25, 0.3) is 0 Å². The van der Waals surface area contributed by atoms with Gasteiger partial charge in [0.2, 0.25) is 11.8 Å². The number of carbonyl (C=O) groups is 2. The lowest BCUT2D eigenvalue weighted by molar-refractivity contribution is -0.144. The Kier molecular flexibility index (Phi) is 7.30. The first-order valence-corrected chi connectivity index (χ1v) is 13.7. The SMILES string of the molecule is CN1NC=C(SCC2=C(OC(=O)OC(c3ccccc3)c3ccccc3)N3C(=O)C(N)[C@@H]3SC2)S1. The lowest BCUT2D eigenvalue weighted by atomic mass is 10.0. The molecule has 3 heterocycles. The van der Waals surface area contributed by atoms with Crippen LogP contribution in [0, 0.1) is 0 Å². The van der Waals surface area contributed by atoms with Crippen LogP contribution in [0.4, 0.5) is 4.79 Å². The van der Waals surface area contributed by atoms with Crippen LogP contribution >= 0.6 is 35.5 Å². The predicted molar refractivity (Wildman–Crippen MR) is 139 cm³/mol. The highest BCUT2D eigenvalue weighted by Crippen LogP contribution is 2.43. The summed E-state index contributed by atoms with van der Waals surface area (Å²) in [6, 6.07) is 18.4. The van der Waals surface area contributed by atoms with E-state index in [2.05, 4.69) is 5.43 Å². The fourth-order valence-corrected chi connectivity index (χ4v) is 7.14. The monoisotopic (exact) mass is 528 g/mol. The van der Waals surface area contributed by atoms with Gasteiger partial charge in [0.1, 0.15) is 11.4 Å². The van der Waals surface area contributed by atoms with Crippen molar-refractivity contribution in [3.05, 3.63) is 93.7 Å². The molecule has 2 aromatic carbocycles. The highest BCUT2D eigenvalue weighted by atomic mass is 32.2. The number of nitrogens with zero attached hydrogens (tertiary/aromatic N) is 2. The van der Waals surface area contributed by atoms with Crippen molar-refractivity contribution in [2.75, 3.05) is 18.6 Å². The van der Waals surface area contributed by atoms with Crippen molar-refractivity contribution >= 4 is 47.5 Å². The van der Waals surface area contributed by atoms with Gasteiger partial charge < -0.3 is 20.6 Å². The van der Waals surface area contributed by atoms with E-state index in [1.165, 1.54) is 4.90 Å². The fourth-order valence-electron chi connectivity index (χ4n) is 3.86. The molecule has 5 rings (SSSR count). The molecule has 3 N–H and O–H groups in total. The quantitative estimate of drug-likeness (QED) is 0.312. The number of nitrogens with one attached hydrogen (secondary N) is 1. The van der Waals surface area contributed by atoms with Gasteiger partial charge in [0.25, 0.3) is 0 Å². The number of amides is 1. The van der Waals surface area contributed by atoms with E-state index in [0.29, 0.717) is 11.5 Å². The molecular weight excluding hydrogens is 504 g/mol. The molecule has 1 amide bonds. The highest BCUT2D eigenvalue weighted by molar-refractivity contribution is 8.21. The van der Waals surface area contributed by atoms with Crippen LogP contribution < -0.4 is 11.2 Å². The van der Waals surface area contributed by atoms with Crippen molar-refractivity contribution in [3.63, 3.8) is 0 Å². The summed E-state index contributed by atoms with van der Waals surface area (Å²) >= 11 is 4.76. The minimum atomic E-state index is -0.866. The molecule has 3 aliphatic rings. The number of fused-ring (bicyclic) bond motifs is 1. The van der Waals surface area contributed by atoms with Crippen LogP contribution in [0.15, 0.2) is 82.6 Å². The minimum absolute atomic E-state index is 0.239. The summed E-state index contributed by atoms with van der Waals surface area (Å²) < 4.78 is 14.5. The molecular formula is C24H24N4O4S3. The van der Waals surface area contributed by atoms with Crippen LogP contribution in [-0.2, 0) is 14.3 Å². The Morgan fingerprint density at radius 1 is 1.17 bits per heavy atom. The molecule has 182 valence electrons. The van der Waals surface area contributed by atoms with E-state index in [-0.39, 0.29) is 17.2 Å². The van der Waals surface area contributed by atoms with Gasteiger partial charge in [-0.1, -0.05) is 60.7 Å². The van der Waals surface area contributed by atoms with E-state index < -0.39 is 18.3 Å². The molecule has 0 spiro atoms. The van der Waals surface area contributed by atoms with Crippen molar-refractivity contribution in [1.29, 1.82) is 0 Å². The average molecular weight is 529 g/mol. The molecule has 2 aromatic rings. The van der Waals surface area contributed by atoms with E-state index in [0.717, 1.165) is 20.9 Å². The molecule has 35 heavy (non-hydrogen) atoms. The zero-order chi connectivity index (χ0) is 24.4. The van der Waals surface area contributed by atoms with E-state index in [1.54, 1.807) is 35.5 Å². The molecule has 0 aromatic heterocycles. The van der Waals surface area contributed by atoms with E-state index >= 15 is 0 Å². The maximum atomic E-state index is 13.1. The molecule has 8 nitrogen and oxygen atoms in total. The number of hydrazine groups is 1. The first-order valence-electron chi connectivity index (χ1n) is 10.9. The van der Waals surface area contributed by atoms with Gasteiger partial charge in [0.15, 0.2) is 6.10 Å². The van der Waals surface area contributed by atoms with Gasteiger partial charge in [-0.25, -0.2) is 4.79 Å². The third-order valence-electron chi connectivity index (χ3n) is 5.61. The molecule has 1 unspecified atom stereocenters. The number of ether oxygens (including phenoxy) is 2. The van der Waals surface area contributed by atoms with Gasteiger partial charge >= 0.3 is 6.16 Å². The average Bonchev–Trinajstić information content (AvgIpc) is 3.31. The fraction of sp³-hybridized carbons (Fsp3) is 0.250.